The minimum atomic E-state index is -0.864. The average molecular weight is 441 g/mol. The van der Waals surface area contributed by atoms with Crippen LogP contribution in [0.4, 0.5) is 0 Å². The van der Waals surface area contributed by atoms with Gasteiger partial charge in [0, 0.05) is 24.7 Å². The monoisotopic (exact) mass is 440 g/mol. The van der Waals surface area contributed by atoms with E-state index in [1.165, 1.54) is 0 Å². The normalized spacial score (nSPS) is 50.2. The highest BCUT2D eigenvalue weighted by Gasteiger charge is 2.48. The van der Waals surface area contributed by atoms with E-state index in [0.717, 1.165) is 38.7 Å². The van der Waals surface area contributed by atoms with Crippen LogP contribution in [-0.4, -0.2) is 76.1 Å². The van der Waals surface area contributed by atoms with Crippen LogP contribution in [0.2, 0.25) is 0 Å². The van der Waals surface area contributed by atoms with Crippen molar-refractivity contribution in [1.29, 1.82) is 0 Å². The van der Waals surface area contributed by atoms with Crippen molar-refractivity contribution >= 4 is 0 Å². The largest absolute Gasteiger partial charge is 0.377 e. The molecule has 31 heavy (non-hydrogen) atoms. The van der Waals surface area contributed by atoms with Crippen LogP contribution >= 0.6 is 0 Å². The van der Waals surface area contributed by atoms with Gasteiger partial charge < -0.3 is 33.2 Å². The predicted molar refractivity (Wildman–Crippen MR) is 113 cm³/mol. The van der Waals surface area contributed by atoms with E-state index in [1.807, 2.05) is 0 Å². The summed E-state index contributed by atoms with van der Waals surface area (Å²) in [6.45, 7) is 10.6. The molecule has 5 aliphatic rings. The predicted octanol–water partition coefficient (Wildman–Crippen LogP) is 3.14. The second-order valence-electron chi connectivity index (χ2n) is 10.6. The topological polar surface area (TPSA) is 67.9 Å². The van der Waals surface area contributed by atoms with Gasteiger partial charge in [-0.3, -0.25) is 0 Å². The van der Waals surface area contributed by atoms with Crippen molar-refractivity contribution < 1.29 is 33.2 Å². The van der Waals surface area contributed by atoms with Crippen molar-refractivity contribution in [2.75, 3.05) is 39.6 Å². The van der Waals surface area contributed by atoms with E-state index in [2.05, 4.69) is 20.8 Å². The quantitative estimate of drug-likeness (QED) is 0.588. The molecule has 0 radical (unpaired) electrons. The van der Waals surface area contributed by atoms with Crippen LogP contribution in [0.25, 0.3) is 0 Å². The summed E-state index contributed by atoms with van der Waals surface area (Å²) in [5, 5.41) is 0. The fourth-order valence-electron chi connectivity index (χ4n) is 5.52. The molecule has 1 saturated carbocycles. The van der Waals surface area contributed by atoms with Gasteiger partial charge in [0.05, 0.1) is 70.2 Å². The van der Waals surface area contributed by atoms with Gasteiger partial charge in [-0.05, 0) is 38.0 Å². The van der Waals surface area contributed by atoms with Crippen molar-refractivity contribution in [3.63, 3.8) is 0 Å². The lowest BCUT2D eigenvalue weighted by molar-refractivity contribution is -0.425. The first-order valence-corrected chi connectivity index (χ1v) is 12.4. The van der Waals surface area contributed by atoms with Crippen LogP contribution in [0.1, 0.15) is 52.9 Å². The van der Waals surface area contributed by atoms with E-state index in [0.29, 0.717) is 75.2 Å². The molecule has 0 aromatic heterocycles. The minimum Gasteiger partial charge on any atom is -0.377 e. The van der Waals surface area contributed by atoms with Gasteiger partial charge in [-0.25, -0.2) is 0 Å². The molecule has 7 nitrogen and oxygen atoms in total. The van der Waals surface area contributed by atoms with Crippen molar-refractivity contribution in [3.05, 3.63) is 0 Å². The number of hydrogen-bond donors (Lipinski definition) is 0. The zero-order chi connectivity index (χ0) is 21.4. The van der Waals surface area contributed by atoms with Crippen molar-refractivity contribution in [2.45, 2.75) is 89.4 Å². The lowest BCUT2D eigenvalue weighted by atomic mass is 9.88. The van der Waals surface area contributed by atoms with Crippen LogP contribution in [0.15, 0.2) is 0 Å². The van der Waals surface area contributed by atoms with Gasteiger partial charge in [-0.2, -0.15) is 0 Å². The van der Waals surface area contributed by atoms with Gasteiger partial charge in [-0.1, -0.05) is 13.8 Å². The molecule has 0 amide bonds. The third-order valence-corrected chi connectivity index (χ3v) is 7.84. The number of hydrogen-bond acceptors (Lipinski definition) is 7. The Morgan fingerprint density at radius 1 is 0.742 bits per heavy atom. The second kappa shape index (κ2) is 9.53. The molecule has 4 aliphatic heterocycles. The van der Waals surface area contributed by atoms with E-state index in [9.17, 15) is 0 Å². The van der Waals surface area contributed by atoms with Gasteiger partial charge in [-0.15, -0.1) is 0 Å². The molecule has 4 heterocycles. The SMILES string of the molecule is CC1CC(C)C(OCC2COC3(CCC(CO[C@H]4CC5OC5CC4C)CO3)OC2)CO1. The molecule has 5 fully saturated rings. The Morgan fingerprint density at radius 2 is 1.39 bits per heavy atom. The van der Waals surface area contributed by atoms with Gasteiger partial charge in [0.25, 0.3) is 5.97 Å². The fourth-order valence-corrected chi connectivity index (χ4v) is 5.52. The minimum absolute atomic E-state index is 0.169. The molecule has 178 valence electrons. The van der Waals surface area contributed by atoms with E-state index >= 15 is 0 Å². The molecule has 4 saturated heterocycles. The summed E-state index contributed by atoms with van der Waals surface area (Å²) in [7, 11) is 0. The molecular weight excluding hydrogens is 400 g/mol. The lowest BCUT2D eigenvalue weighted by Crippen LogP contribution is -2.51. The Balaban J connectivity index is 0.988. The number of rotatable bonds is 6. The molecule has 7 heteroatoms. The summed E-state index contributed by atoms with van der Waals surface area (Å²) in [6.07, 6.45) is 6.77. The molecule has 0 N–H and O–H groups in total. The van der Waals surface area contributed by atoms with Gasteiger partial charge in [0.15, 0.2) is 0 Å². The van der Waals surface area contributed by atoms with Gasteiger partial charge in [0.2, 0.25) is 0 Å². The first kappa shape index (κ1) is 22.5. The molecule has 0 bridgehead atoms. The summed E-state index contributed by atoms with van der Waals surface area (Å²) in [5.74, 6) is 0.880. The van der Waals surface area contributed by atoms with Gasteiger partial charge >= 0.3 is 0 Å². The first-order valence-electron chi connectivity index (χ1n) is 12.4. The van der Waals surface area contributed by atoms with Crippen molar-refractivity contribution in [2.24, 2.45) is 23.7 Å². The Bertz CT molecular complexity index is 582. The summed E-state index contributed by atoms with van der Waals surface area (Å²) in [6, 6.07) is 0. The highest BCUT2D eigenvalue weighted by Crippen LogP contribution is 2.41. The molecule has 1 aliphatic carbocycles. The Labute approximate surface area is 186 Å². The van der Waals surface area contributed by atoms with E-state index in [4.69, 9.17) is 33.2 Å². The van der Waals surface area contributed by atoms with E-state index in [-0.39, 0.29) is 12.0 Å². The maximum absolute atomic E-state index is 6.26. The second-order valence-corrected chi connectivity index (χ2v) is 10.6. The number of ether oxygens (including phenoxy) is 7. The molecular formula is C24H40O7. The summed E-state index contributed by atoms with van der Waals surface area (Å²) in [4.78, 5) is 0. The highest BCUT2D eigenvalue weighted by atomic mass is 16.9. The summed E-state index contributed by atoms with van der Waals surface area (Å²) < 4.78 is 42.0. The third-order valence-electron chi connectivity index (χ3n) is 7.84. The summed E-state index contributed by atoms with van der Waals surface area (Å²) in [5.41, 5.74) is 0. The summed E-state index contributed by atoms with van der Waals surface area (Å²) >= 11 is 0. The van der Waals surface area contributed by atoms with Crippen LogP contribution in [-0.2, 0) is 33.2 Å². The van der Waals surface area contributed by atoms with E-state index in [1.54, 1.807) is 0 Å². The molecule has 0 aromatic carbocycles. The van der Waals surface area contributed by atoms with Crippen LogP contribution in [0.3, 0.4) is 0 Å². The molecule has 8 atom stereocenters. The van der Waals surface area contributed by atoms with Crippen LogP contribution in [0.5, 0.6) is 0 Å². The maximum atomic E-state index is 6.26. The molecule has 0 aromatic rings. The molecule has 5 rings (SSSR count). The maximum Gasteiger partial charge on any atom is 0.282 e. The van der Waals surface area contributed by atoms with Crippen LogP contribution in [0, 0.1) is 23.7 Å². The van der Waals surface area contributed by atoms with Crippen LogP contribution < -0.4 is 0 Å². The fraction of sp³-hybridized carbons (Fsp3) is 1.00. The highest BCUT2D eigenvalue weighted by molar-refractivity contribution is 4.95. The number of epoxide rings is 1. The van der Waals surface area contributed by atoms with Gasteiger partial charge in [0.1, 0.15) is 0 Å². The zero-order valence-electron chi connectivity index (χ0n) is 19.3. The molecule has 7 unspecified atom stereocenters. The molecule has 1 spiro atoms. The Hall–Kier alpha value is -0.280. The average Bonchev–Trinajstić information content (AvgIpc) is 3.52. The van der Waals surface area contributed by atoms with Crippen molar-refractivity contribution in [3.8, 4) is 0 Å². The third kappa shape index (κ3) is 5.45. The lowest BCUT2D eigenvalue weighted by Gasteiger charge is -2.44. The first-order chi connectivity index (χ1) is 15.0. The van der Waals surface area contributed by atoms with E-state index < -0.39 is 5.97 Å². The number of fused-ring (bicyclic) bond motifs is 1. The Kier molecular flexibility index (Phi) is 6.92. The Morgan fingerprint density at radius 3 is 2.10 bits per heavy atom. The zero-order valence-corrected chi connectivity index (χ0v) is 19.3. The standard InChI is InChI=1S/C24H40O7/c1-15-6-17(3)25-14-23(15)27-10-19-12-29-24(30-13-19)5-4-18(11-28-24)9-26-20-8-22-21(31-22)7-16(20)2/h15-23H,4-14H2,1-3H3/t15?,16?,17?,18?,19?,20-,21?,22?,23?,24?/m0/s1. The van der Waals surface area contributed by atoms with Crippen molar-refractivity contribution in [1.82, 2.24) is 0 Å². The smallest absolute Gasteiger partial charge is 0.282 e.